The molecule has 0 rings (SSSR count). The van der Waals surface area contributed by atoms with Gasteiger partial charge in [-0.1, -0.05) is 221 Å². The van der Waals surface area contributed by atoms with Crippen LogP contribution in [0.2, 0.25) is 0 Å². The summed E-state index contributed by atoms with van der Waals surface area (Å²) in [5.41, 5.74) is 0. The molecule has 0 aliphatic heterocycles. The van der Waals surface area contributed by atoms with E-state index in [4.69, 9.17) is 14.2 Å². The summed E-state index contributed by atoms with van der Waals surface area (Å²) in [6.07, 6.45) is 71.5. The Hall–Kier alpha value is -3.41. The van der Waals surface area contributed by atoms with E-state index in [1.807, 2.05) is 0 Å². The average Bonchev–Trinajstić information content (AvgIpc) is 3.33. The van der Waals surface area contributed by atoms with Gasteiger partial charge in [0.25, 0.3) is 0 Å². The summed E-state index contributed by atoms with van der Waals surface area (Å²) in [6.45, 7) is 6.53. The number of ether oxygens (including phenoxy) is 3. The maximum atomic E-state index is 12.8. The summed E-state index contributed by atoms with van der Waals surface area (Å²) in [7, 11) is 0. The zero-order valence-electron chi connectivity index (χ0n) is 43.9. The highest BCUT2D eigenvalue weighted by atomic mass is 16.6. The van der Waals surface area contributed by atoms with Gasteiger partial charge in [0, 0.05) is 19.3 Å². The van der Waals surface area contributed by atoms with Crippen molar-refractivity contribution < 1.29 is 28.6 Å². The second-order valence-electron chi connectivity index (χ2n) is 18.5. The SMILES string of the molecule is CCCCCCCC/C=C\C/C=C\C/C=C\CCCC(=O)OC[C@H](COC(=O)CCCCCCC/C=C\CCCCCCCC)OC(=O)CCC/C=C\C/C=C\C/C=C\CCCCCCCC. The smallest absolute Gasteiger partial charge is 0.306 e. The van der Waals surface area contributed by atoms with E-state index in [9.17, 15) is 14.4 Å². The fourth-order valence-electron chi connectivity index (χ4n) is 7.59. The van der Waals surface area contributed by atoms with E-state index in [1.165, 1.54) is 141 Å². The number of esters is 3. The lowest BCUT2D eigenvalue weighted by Gasteiger charge is -2.18. The Balaban J connectivity index is 4.55. The molecule has 6 heteroatoms. The molecule has 0 bridgehead atoms. The first kappa shape index (κ1) is 63.6. The van der Waals surface area contributed by atoms with Gasteiger partial charge in [0.05, 0.1) is 0 Å². The van der Waals surface area contributed by atoms with Crippen LogP contribution in [-0.2, 0) is 28.6 Å². The minimum atomic E-state index is -0.827. The molecule has 0 saturated heterocycles. The van der Waals surface area contributed by atoms with Crippen LogP contribution in [0.3, 0.4) is 0 Å². The topological polar surface area (TPSA) is 78.9 Å². The Kier molecular flexibility index (Phi) is 52.4. The standard InChI is InChI=1S/C61H104O6/c1-4-7-10-13-16-19-22-25-28-30-33-36-39-42-45-48-51-54-60(63)66-57-58(56-65-59(62)53-50-47-44-41-38-35-32-27-24-21-18-15-12-9-6-3)67-61(64)55-52-49-46-43-40-37-34-31-29-26-23-20-17-14-11-8-5-2/h25-29,32-34,36-37,42-43,45-46,58H,4-24,30-31,35,38-41,44,47-57H2,1-3H3/b28-25-,29-26-,32-27-,36-33-,37-34-,45-42-,46-43-/t58-/m0/s1. The Morgan fingerprint density at radius 3 is 0.910 bits per heavy atom. The molecule has 0 radical (unpaired) electrons. The molecule has 0 fully saturated rings. The van der Waals surface area contributed by atoms with Crippen LogP contribution in [0.15, 0.2) is 85.1 Å². The summed E-state index contributed by atoms with van der Waals surface area (Å²) in [5, 5.41) is 0. The van der Waals surface area contributed by atoms with Gasteiger partial charge in [-0.2, -0.15) is 0 Å². The summed E-state index contributed by atoms with van der Waals surface area (Å²) in [6, 6.07) is 0. The molecular formula is C61H104O6. The predicted octanol–water partition coefficient (Wildman–Crippen LogP) is 18.8. The molecule has 0 aromatic rings. The summed E-state index contributed by atoms with van der Waals surface area (Å²) >= 11 is 0. The lowest BCUT2D eigenvalue weighted by Crippen LogP contribution is -2.30. The van der Waals surface area contributed by atoms with E-state index in [2.05, 4.69) is 106 Å². The van der Waals surface area contributed by atoms with Crippen molar-refractivity contribution in [1.82, 2.24) is 0 Å². The van der Waals surface area contributed by atoms with Crippen LogP contribution >= 0.6 is 0 Å². The van der Waals surface area contributed by atoms with Crippen LogP contribution in [0.25, 0.3) is 0 Å². The summed E-state index contributed by atoms with van der Waals surface area (Å²) < 4.78 is 16.7. The van der Waals surface area contributed by atoms with Crippen molar-refractivity contribution in [3.05, 3.63) is 85.1 Å². The van der Waals surface area contributed by atoms with Crippen LogP contribution in [-0.4, -0.2) is 37.2 Å². The molecule has 0 saturated carbocycles. The van der Waals surface area contributed by atoms with Gasteiger partial charge in [-0.3, -0.25) is 14.4 Å². The van der Waals surface area contributed by atoms with Crippen molar-refractivity contribution in [3.63, 3.8) is 0 Å². The first-order valence-corrected chi connectivity index (χ1v) is 28.1. The highest BCUT2D eigenvalue weighted by Gasteiger charge is 2.19. The molecule has 0 spiro atoms. The van der Waals surface area contributed by atoms with Crippen molar-refractivity contribution in [2.75, 3.05) is 13.2 Å². The van der Waals surface area contributed by atoms with Crippen LogP contribution in [0.5, 0.6) is 0 Å². The second kappa shape index (κ2) is 55.2. The molecule has 0 aromatic heterocycles. The van der Waals surface area contributed by atoms with Gasteiger partial charge in [-0.15, -0.1) is 0 Å². The molecule has 0 heterocycles. The number of hydrogen-bond acceptors (Lipinski definition) is 6. The molecule has 0 amide bonds. The number of allylic oxidation sites excluding steroid dienone is 14. The first-order valence-electron chi connectivity index (χ1n) is 28.1. The van der Waals surface area contributed by atoms with E-state index in [-0.39, 0.29) is 44.0 Å². The normalized spacial score (nSPS) is 12.7. The van der Waals surface area contributed by atoms with E-state index in [0.717, 1.165) is 70.6 Å². The fourth-order valence-corrected chi connectivity index (χ4v) is 7.59. The Labute approximate surface area is 414 Å². The van der Waals surface area contributed by atoms with Crippen LogP contribution in [0.1, 0.15) is 265 Å². The van der Waals surface area contributed by atoms with Gasteiger partial charge in [-0.05, 0) is 109 Å². The van der Waals surface area contributed by atoms with Crippen LogP contribution in [0, 0.1) is 0 Å². The monoisotopic (exact) mass is 933 g/mol. The summed E-state index contributed by atoms with van der Waals surface area (Å²) in [5.74, 6) is -1.03. The minimum absolute atomic E-state index is 0.116. The van der Waals surface area contributed by atoms with Crippen LogP contribution in [0.4, 0.5) is 0 Å². The average molecular weight is 933 g/mol. The largest absolute Gasteiger partial charge is 0.462 e. The molecule has 0 N–H and O–H groups in total. The molecule has 6 nitrogen and oxygen atoms in total. The predicted molar refractivity (Wildman–Crippen MR) is 288 cm³/mol. The van der Waals surface area contributed by atoms with E-state index in [1.54, 1.807) is 0 Å². The Bertz CT molecular complexity index is 1300. The van der Waals surface area contributed by atoms with Gasteiger partial charge in [0.15, 0.2) is 6.10 Å². The molecular weight excluding hydrogens is 829 g/mol. The lowest BCUT2D eigenvalue weighted by molar-refractivity contribution is -0.167. The fraction of sp³-hybridized carbons (Fsp3) is 0.721. The van der Waals surface area contributed by atoms with E-state index in [0.29, 0.717) is 19.3 Å². The van der Waals surface area contributed by atoms with Crippen LogP contribution < -0.4 is 0 Å². The number of carbonyl (C=O) groups excluding carboxylic acids is 3. The number of unbranched alkanes of at least 4 members (excludes halogenated alkanes) is 25. The molecule has 0 aromatic carbocycles. The van der Waals surface area contributed by atoms with Crippen molar-refractivity contribution in [2.45, 2.75) is 271 Å². The molecule has 0 aliphatic carbocycles. The van der Waals surface area contributed by atoms with Gasteiger partial charge < -0.3 is 14.2 Å². The third-order valence-corrected chi connectivity index (χ3v) is 11.8. The highest BCUT2D eigenvalue weighted by molar-refractivity contribution is 5.71. The molecule has 0 aliphatic rings. The highest BCUT2D eigenvalue weighted by Crippen LogP contribution is 2.13. The second-order valence-corrected chi connectivity index (χ2v) is 18.5. The molecule has 0 unspecified atom stereocenters. The Morgan fingerprint density at radius 1 is 0.299 bits per heavy atom. The quantitative estimate of drug-likeness (QED) is 0.0262. The van der Waals surface area contributed by atoms with E-state index < -0.39 is 6.10 Å². The van der Waals surface area contributed by atoms with E-state index >= 15 is 0 Å². The molecule has 384 valence electrons. The Morgan fingerprint density at radius 2 is 0.552 bits per heavy atom. The van der Waals surface area contributed by atoms with Gasteiger partial charge in [-0.25, -0.2) is 0 Å². The van der Waals surface area contributed by atoms with Gasteiger partial charge in [0.2, 0.25) is 0 Å². The maximum absolute atomic E-state index is 12.8. The summed E-state index contributed by atoms with van der Waals surface area (Å²) in [4.78, 5) is 38.1. The third kappa shape index (κ3) is 53.4. The van der Waals surface area contributed by atoms with Gasteiger partial charge in [0.1, 0.15) is 13.2 Å². The molecule has 67 heavy (non-hydrogen) atoms. The zero-order valence-corrected chi connectivity index (χ0v) is 43.9. The zero-order chi connectivity index (χ0) is 48.6. The lowest BCUT2D eigenvalue weighted by atomic mass is 10.1. The minimum Gasteiger partial charge on any atom is -0.462 e. The van der Waals surface area contributed by atoms with Crippen molar-refractivity contribution in [2.24, 2.45) is 0 Å². The maximum Gasteiger partial charge on any atom is 0.306 e. The number of rotatable bonds is 50. The van der Waals surface area contributed by atoms with Crippen molar-refractivity contribution >= 4 is 17.9 Å². The number of carbonyl (C=O) groups is 3. The third-order valence-electron chi connectivity index (χ3n) is 11.8. The van der Waals surface area contributed by atoms with Crippen molar-refractivity contribution in [1.29, 1.82) is 0 Å². The number of hydrogen-bond donors (Lipinski definition) is 0. The van der Waals surface area contributed by atoms with Gasteiger partial charge >= 0.3 is 17.9 Å². The van der Waals surface area contributed by atoms with Crippen molar-refractivity contribution in [3.8, 4) is 0 Å². The first-order chi connectivity index (χ1) is 33.0. The molecule has 1 atom stereocenters.